The van der Waals surface area contributed by atoms with Gasteiger partial charge in [0.25, 0.3) is 5.91 Å². The van der Waals surface area contributed by atoms with Crippen LogP contribution in [0.5, 0.6) is 5.75 Å². The molecule has 1 aromatic carbocycles. The van der Waals surface area contributed by atoms with E-state index >= 15 is 0 Å². The van der Waals surface area contributed by atoms with Gasteiger partial charge in [0.2, 0.25) is 0 Å². The first kappa shape index (κ1) is 18.9. The topological polar surface area (TPSA) is 87.2 Å². The van der Waals surface area contributed by atoms with Crippen molar-refractivity contribution >= 4 is 23.3 Å². The van der Waals surface area contributed by atoms with Gasteiger partial charge in [0, 0.05) is 25.1 Å². The number of Topliss-reactive ketones (excluding diaryl/α,β-unsaturated/α-hetero) is 1. The average molecular weight is 348 g/mol. The molecule has 136 valence electrons. The summed E-state index contributed by atoms with van der Waals surface area (Å²) in [5.74, 6) is -0.913. The number of anilines is 1. The van der Waals surface area contributed by atoms with Gasteiger partial charge in [-0.05, 0) is 46.1 Å². The molecule has 0 unspecified atom stereocenters. The highest BCUT2D eigenvalue weighted by Crippen LogP contribution is 2.38. The van der Waals surface area contributed by atoms with Gasteiger partial charge in [0.05, 0.1) is 12.1 Å². The molecule has 0 aromatic heterocycles. The van der Waals surface area contributed by atoms with Crippen LogP contribution in [0.4, 0.5) is 5.69 Å². The van der Waals surface area contributed by atoms with E-state index in [4.69, 9.17) is 9.84 Å². The summed E-state index contributed by atoms with van der Waals surface area (Å²) in [5.41, 5.74) is -0.0490. The predicted octanol–water partition coefficient (Wildman–Crippen LogP) is 1.80. The Hall–Kier alpha value is -2.41. The average Bonchev–Trinajstić information content (AvgIpc) is 2.52. The van der Waals surface area contributed by atoms with Gasteiger partial charge < -0.3 is 19.6 Å². The highest BCUT2D eigenvalue weighted by atomic mass is 16.5. The van der Waals surface area contributed by atoms with Gasteiger partial charge in [-0.3, -0.25) is 14.4 Å². The van der Waals surface area contributed by atoms with Gasteiger partial charge in [0.15, 0.2) is 11.4 Å². The Balaban J connectivity index is 2.34. The second kappa shape index (κ2) is 7.23. The number of aliphatic carboxylic acids is 1. The van der Waals surface area contributed by atoms with Crippen LogP contribution in [-0.2, 0) is 9.59 Å². The Morgan fingerprint density at radius 2 is 1.92 bits per heavy atom. The van der Waals surface area contributed by atoms with Crippen LogP contribution < -0.4 is 9.64 Å². The maximum absolute atomic E-state index is 12.7. The molecule has 0 bridgehead atoms. The molecule has 0 radical (unpaired) electrons. The summed E-state index contributed by atoms with van der Waals surface area (Å²) >= 11 is 0. The van der Waals surface area contributed by atoms with Crippen LogP contribution >= 0.6 is 0 Å². The van der Waals surface area contributed by atoms with E-state index in [0.29, 0.717) is 30.1 Å². The fourth-order valence-corrected chi connectivity index (χ4v) is 2.63. The Bertz CT molecular complexity index is 697. The quantitative estimate of drug-likeness (QED) is 0.756. The molecule has 1 aliphatic rings. The first-order valence-corrected chi connectivity index (χ1v) is 8.16. The van der Waals surface area contributed by atoms with Crippen molar-refractivity contribution in [2.45, 2.75) is 32.3 Å². The van der Waals surface area contributed by atoms with Gasteiger partial charge in [0.1, 0.15) is 5.75 Å². The third-order valence-corrected chi connectivity index (χ3v) is 4.03. The molecule has 1 aromatic rings. The molecule has 1 amide bonds. The van der Waals surface area contributed by atoms with E-state index in [-0.39, 0.29) is 24.5 Å². The lowest BCUT2D eigenvalue weighted by Gasteiger charge is -2.39. The minimum Gasteiger partial charge on any atom is -0.481 e. The lowest BCUT2D eigenvalue weighted by atomic mass is 10.0. The van der Waals surface area contributed by atoms with Crippen LogP contribution in [0.15, 0.2) is 18.2 Å². The maximum Gasteiger partial charge on any atom is 0.303 e. The lowest BCUT2D eigenvalue weighted by molar-refractivity contribution is -0.137. The number of carbonyl (C=O) groups is 3. The van der Waals surface area contributed by atoms with Crippen LogP contribution in [0.3, 0.4) is 0 Å². The zero-order chi connectivity index (χ0) is 18.8. The summed E-state index contributed by atoms with van der Waals surface area (Å²) in [6.45, 7) is 4.57. The zero-order valence-corrected chi connectivity index (χ0v) is 15.0. The molecule has 0 saturated carbocycles. The van der Waals surface area contributed by atoms with Gasteiger partial charge >= 0.3 is 5.97 Å². The summed E-state index contributed by atoms with van der Waals surface area (Å²) < 4.78 is 5.79. The number of amides is 1. The molecule has 0 aliphatic carbocycles. The molecule has 2 rings (SSSR count). The third-order valence-electron chi connectivity index (χ3n) is 4.03. The van der Waals surface area contributed by atoms with Crippen molar-refractivity contribution < 1.29 is 24.2 Å². The summed E-state index contributed by atoms with van der Waals surface area (Å²) in [5, 5.41) is 8.73. The van der Waals surface area contributed by atoms with Gasteiger partial charge in [-0.25, -0.2) is 0 Å². The number of ketones is 1. The minimum atomic E-state index is -1.01. The molecule has 7 heteroatoms. The second-order valence-corrected chi connectivity index (χ2v) is 6.87. The van der Waals surface area contributed by atoms with Crippen LogP contribution in [0, 0.1) is 0 Å². The van der Waals surface area contributed by atoms with E-state index in [2.05, 4.69) is 0 Å². The van der Waals surface area contributed by atoms with Crippen molar-refractivity contribution in [2.75, 3.05) is 32.1 Å². The van der Waals surface area contributed by atoms with E-state index in [1.54, 1.807) is 36.9 Å². The normalized spacial score (nSPS) is 15.7. The first-order valence-electron chi connectivity index (χ1n) is 8.16. The number of fused-ring (bicyclic) bond motifs is 1. The molecule has 7 nitrogen and oxygen atoms in total. The van der Waals surface area contributed by atoms with E-state index in [9.17, 15) is 14.4 Å². The molecule has 1 heterocycles. The van der Waals surface area contributed by atoms with Gasteiger partial charge in [-0.1, -0.05) is 0 Å². The number of carboxylic acids is 1. The Morgan fingerprint density at radius 1 is 1.24 bits per heavy atom. The molecule has 1 N–H and O–H groups in total. The number of benzene rings is 1. The smallest absolute Gasteiger partial charge is 0.303 e. The van der Waals surface area contributed by atoms with Gasteiger partial charge in [-0.2, -0.15) is 0 Å². The fourth-order valence-electron chi connectivity index (χ4n) is 2.63. The SMILES string of the molecule is CN(C)CCN1C(=O)C(C)(C)Oc2ccc(C(=O)CCC(=O)O)cc21. The summed E-state index contributed by atoms with van der Waals surface area (Å²) in [6, 6.07) is 4.89. The largest absolute Gasteiger partial charge is 0.481 e. The highest BCUT2D eigenvalue weighted by molar-refractivity contribution is 6.05. The number of likely N-dealkylation sites (N-methyl/N-ethyl adjacent to an activating group) is 1. The number of carbonyl (C=O) groups excluding carboxylic acids is 2. The molecule has 0 spiro atoms. The predicted molar refractivity (Wildman–Crippen MR) is 93.3 cm³/mol. The molecule has 1 aliphatic heterocycles. The van der Waals surface area contributed by atoms with E-state index < -0.39 is 11.6 Å². The molecule has 0 fully saturated rings. The molecule has 25 heavy (non-hydrogen) atoms. The van der Waals surface area contributed by atoms with Crippen molar-refractivity contribution in [3.8, 4) is 5.75 Å². The van der Waals surface area contributed by atoms with E-state index in [1.165, 1.54) is 0 Å². The minimum absolute atomic E-state index is 0.0773. The van der Waals surface area contributed by atoms with Gasteiger partial charge in [-0.15, -0.1) is 0 Å². The Labute approximate surface area is 147 Å². The summed E-state index contributed by atoms with van der Waals surface area (Å²) in [6.07, 6.45) is -0.297. The number of nitrogens with zero attached hydrogens (tertiary/aromatic N) is 2. The number of hydrogen-bond acceptors (Lipinski definition) is 5. The van der Waals surface area contributed by atoms with Crippen molar-refractivity contribution in [1.29, 1.82) is 0 Å². The van der Waals surface area contributed by atoms with Crippen LogP contribution in [0.2, 0.25) is 0 Å². The van der Waals surface area contributed by atoms with E-state index in [1.807, 2.05) is 19.0 Å². The fraction of sp³-hybridized carbons (Fsp3) is 0.500. The lowest BCUT2D eigenvalue weighted by Crippen LogP contribution is -2.53. The first-order chi connectivity index (χ1) is 11.6. The van der Waals surface area contributed by atoms with Crippen molar-refractivity contribution in [3.63, 3.8) is 0 Å². The molecule has 0 saturated heterocycles. The van der Waals surface area contributed by atoms with E-state index in [0.717, 1.165) is 0 Å². The van der Waals surface area contributed by atoms with Crippen molar-refractivity contribution in [1.82, 2.24) is 4.90 Å². The Morgan fingerprint density at radius 3 is 2.52 bits per heavy atom. The number of hydrogen-bond donors (Lipinski definition) is 1. The number of rotatable bonds is 7. The number of ether oxygens (including phenoxy) is 1. The summed E-state index contributed by atoms with van der Waals surface area (Å²) in [7, 11) is 3.84. The van der Waals surface area contributed by atoms with Crippen LogP contribution in [0.25, 0.3) is 0 Å². The maximum atomic E-state index is 12.7. The standard InChI is InChI=1S/C18H24N2O5/c1-18(2)17(24)20(10-9-19(3)4)13-11-12(5-7-15(13)25-18)14(21)6-8-16(22)23/h5,7,11H,6,8-10H2,1-4H3,(H,22,23). The molecular weight excluding hydrogens is 324 g/mol. The Kier molecular flexibility index (Phi) is 5.47. The van der Waals surface area contributed by atoms with Crippen LogP contribution in [-0.4, -0.2) is 60.5 Å². The van der Waals surface area contributed by atoms with Crippen LogP contribution in [0.1, 0.15) is 37.0 Å². The highest BCUT2D eigenvalue weighted by Gasteiger charge is 2.40. The third kappa shape index (κ3) is 4.36. The van der Waals surface area contributed by atoms with Crippen molar-refractivity contribution in [2.24, 2.45) is 0 Å². The summed E-state index contributed by atoms with van der Waals surface area (Å²) in [4.78, 5) is 39.2. The monoisotopic (exact) mass is 348 g/mol. The van der Waals surface area contributed by atoms with Crippen molar-refractivity contribution in [3.05, 3.63) is 23.8 Å². The molecular formula is C18H24N2O5. The second-order valence-electron chi connectivity index (χ2n) is 6.87. The zero-order valence-electron chi connectivity index (χ0n) is 15.0. The molecule has 0 atom stereocenters. The number of carboxylic acid groups (broad SMARTS) is 1.